The quantitative estimate of drug-likeness (QED) is 0.213. The van der Waals surface area contributed by atoms with E-state index in [0.717, 1.165) is 22.3 Å². The molecule has 4 aromatic rings. The van der Waals surface area contributed by atoms with Gasteiger partial charge in [0.05, 0.1) is 12.1 Å². The molecule has 7 rings (SSSR count). The van der Waals surface area contributed by atoms with Crippen LogP contribution in [0.15, 0.2) is 82.8 Å². The monoisotopic (exact) mass is 668 g/mol. The fourth-order valence-corrected chi connectivity index (χ4v) is 7.82. The van der Waals surface area contributed by atoms with Crippen LogP contribution in [0.25, 0.3) is 0 Å². The van der Waals surface area contributed by atoms with E-state index in [4.69, 9.17) is 9.98 Å². The first kappa shape index (κ1) is 35.6. The topological polar surface area (TPSA) is 65.2 Å². The second kappa shape index (κ2) is 12.2. The van der Waals surface area contributed by atoms with Gasteiger partial charge in [-0.15, -0.1) is 0 Å². The summed E-state index contributed by atoms with van der Waals surface area (Å²) in [6.07, 6.45) is 3.79. The van der Waals surface area contributed by atoms with Crippen LogP contribution in [0.4, 0.5) is 0 Å². The summed E-state index contributed by atoms with van der Waals surface area (Å²) >= 11 is 0. The Morgan fingerprint density at radius 3 is 1.02 bits per heavy atom. The van der Waals surface area contributed by atoms with Gasteiger partial charge in [-0.25, -0.2) is 0 Å². The van der Waals surface area contributed by atoms with E-state index in [2.05, 4.69) is 156 Å². The molecule has 0 saturated heterocycles. The van der Waals surface area contributed by atoms with E-state index in [1.54, 1.807) is 0 Å². The zero-order valence-corrected chi connectivity index (χ0v) is 32.2. The second-order valence-electron chi connectivity index (χ2n) is 18.7. The SMILES string of the molecule is CC(C)(C)c1cc(C=N[C@@H]2C3c4ccccc4C(c4ccccc43)[C@H]2N=Cc2cc(C(C)(C)C)cc(C(C)(C)C)c2O)c(O)c(C(C)(C)C)c1. The molecular weight excluding hydrogens is 613 g/mol. The molecule has 0 spiro atoms. The number of benzene rings is 4. The average molecular weight is 669 g/mol. The van der Waals surface area contributed by atoms with Crippen LogP contribution in [-0.4, -0.2) is 34.7 Å². The minimum absolute atomic E-state index is 0.000436. The van der Waals surface area contributed by atoms with Crippen molar-refractivity contribution in [3.8, 4) is 11.5 Å². The van der Waals surface area contributed by atoms with E-state index in [1.807, 2.05) is 12.4 Å². The zero-order chi connectivity index (χ0) is 36.6. The van der Waals surface area contributed by atoms with Crippen LogP contribution < -0.4 is 0 Å². The van der Waals surface area contributed by atoms with Crippen molar-refractivity contribution in [3.63, 3.8) is 0 Å². The van der Waals surface area contributed by atoms with Gasteiger partial charge in [-0.2, -0.15) is 0 Å². The van der Waals surface area contributed by atoms with Crippen molar-refractivity contribution in [1.82, 2.24) is 0 Å². The van der Waals surface area contributed by atoms with E-state index in [0.29, 0.717) is 0 Å². The summed E-state index contributed by atoms with van der Waals surface area (Å²) in [6, 6.07) is 25.5. The standard InChI is InChI=1S/C46H56N2O2/c1-43(2,3)29-21-27(41(49)35(23-29)45(7,8)9)25-47-39-37-31-17-13-15-19-33(31)38(34-20-16-14-18-32(34)37)40(39)48-26-28-22-30(44(4,5)6)24-36(42(28)50)46(10,11)12/h13-26,37-40,49-50H,1-12H3/t37?,38?,39-,40-/m1/s1. The second-order valence-corrected chi connectivity index (χ2v) is 18.7. The summed E-state index contributed by atoms with van der Waals surface area (Å²) < 4.78 is 0. The highest BCUT2D eigenvalue weighted by molar-refractivity contribution is 5.87. The molecule has 4 heteroatoms. The number of hydrogen-bond acceptors (Lipinski definition) is 4. The Labute approximate surface area is 300 Å². The number of rotatable bonds is 4. The number of aromatic hydroxyl groups is 2. The molecule has 262 valence electrons. The molecule has 0 aromatic heterocycles. The van der Waals surface area contributed by atoms with Gasteiger partial charge < -0.3 is 10.2 Å². The third kappa shape index (κ3) is 6.43. The summed E-state index contributed by atoms with van der Waals surface area (Å²) in [7, 11) is 0. The van der Waals surface area contributed by atoms with Gasteiger partial charge in [0, 0.05) is 46.5 Å². The Morgan fingerprint density at radius 1 is 0.460 bits per heavy atom. The van der Waals surface area contributed by atoms with Gasteiger partial charge in [0.15, 0.2) is 0 Å². The summed E-state index contributed by atoms with van der Waals surface area (Å²) in [5.41, 5.74) is 10.1. The number of aliphatic imine (C=N–C) groups is 2. The predicted octanol–water partition coefficient (Wildman–Crippen LogP) is 10.9. The molecule has 4 aromatic carbocycles. The number of phenols is 2. The van der Waals surface area contributed by atoms with Gasteiger partial charge in [-0.3, -0.25) is 9.98 Å². The minimum atomic E-state index is -0.238. The van der Waals surface area contributed by atoms with Gasteiger partial charge in [0.2, 0.25) is 0 Å². The van der Waals surface area contributed by atoms with Gasteiger partial charge in [0.25, 0.3) is 0 Å². The molecule has 50 heavy (non-hydrogen) atoms. The smallest absolute Gasteiger partial charge is 0.128 e. The Hall–Kier alpha value is -4.18. The molecule has 3 aliphatic carbocycles. The van der Waals surface area contributed by atoms with Gasteiger partial charge in [-0.05, 0) is 67.2 Å². The Morgan fingerprint density at radius 2 is 0.760 bits per heavy atom. The molecule has 0 saturated carbocycles. The van der Waals surface area contributed by atoms with Crippen LogP contribution in [-0.2, 0) is 21.7 Å². The first-order valence-electron chi connectivity index (χ1n) is 18.2. The number of phenolic OH excluding ortho intramolecular Hbond substituents is 2. The van der Waals surface area contributed by atoms with Crippen molar-refractivity contribution in [1.29, 1.82) is 0 Å². The van der Waals surface area contributed by atoms with Gasteiger partial charge >= 0.3 is 0 Å². The van der Waals surface area contributed by atoms with Crippen LogP contribution >= 0.6 is 0 Å². The van der Waals surface area contributed by atoms with E-state index >= 15 is 0 Å². The highest BCUT2D eigenvalue weighted by Crippen LogP contribution is 2.55. The zero-order valence-electron chi connectivity index (χ0n) is 32.2. The molecule has 2 N–H and O–H groups in total. The van der Waals surface area contributed by atoms with Crippen LogP contribution in [0.3, 0.4) is 0 Å². The van der Waals surface area contributed by atoms with Crippen LogP contribution in [0, 0.1) is 0 Å². The van der Waals surface area contributed by atoms with Crippen molar-refractivity contribution >= 4 is 12.4 Å². The Bertz CT molecular complexity index is 1800. The maximum Gasteiger partial charge on any atom is 0.128 e. The lowest BCUT2D eigenvalue weighted by Gasteiger charge is -2.47. The predicted molar refractivity (Wildman–Crippen MR) is 210 cm³/mol. The van der Waals surface area contributed by atoms with Crippen LogP contribution in [0.5, 0.6) is 11.5 Å². The molecule has 2 atom stereocenters. The third-order valence-corrected chi connectivity index (χ3v) is 10.8. The maximum absolute atomic E-state index is 11.7. The van der Waals surface area contributed by atoms with E-state index in [9.17, 15) is 10.2 Å². The van der Waals surface area contributed by atoms with Gasteiger partial charge in [-0.1, -0.05) is 144 Å². The molecule has 2 bridgehead atoms. The molecular formula is C46H56N2O2. The summed E-state index contributed by atoms with van der Waals surface area (Å²) in [5.74, 6) is 0.574. The Balaban J connectivity index is 1.55. The van der Waals surface area contributed by atoms with Crippen molar-refractivity contribution in [2.24, 2.45) is 9.98 Å². The molecule has 0 fully saturated rings. The van der Waals surface area contributed by atoms with Crippen LogP contribution in [0.1, 0.15) is 151 Å². The van der Waals surface area contributed by atoms with E-state index in [-0.39, 0.29) is 57.1 Å². The highest BCUT2D eigenvalue weighted by Gasteiger charge is 2.49. The Kier molecular flexibility index (Phi) is 8.73. The fraction of sp³-hybridized carbons (Fsp3) is 0.435. The molecule has 0 heterocycles. The summed E-state index contributed by atoms with van der Waals surface area (Å²) in [4.78, 5) is 10.8. The number of fused-ring (bicyclic) bond motifs is 1. The van der Waals surface area contributed by atoms with Crippen molar-refractivity contribution in [2.45, 2.75) is 129 Å². The molecule has 0 unspecified atom stereocenters. The van der Waals surface area contributed by atoms with Gasteiger partial charge in [0.1, 0.15) is 11.5 Å². The largest absolute Gasteiger partial charge is 0.507 e. The molecule has 0 radical (unpaired) electrons. The number of nitrogens with zero attached hydrogens (tertiary/aromatic N) is 2. The first-order chi connectivity index (χ1) is 23.2. The summed E-state index contributed by atoms with van der Waals surface area (Å²) in [6.45, 7) is 26.1. The molecule has 3 aliphatic rings. The molecule has 0 aliphatic heterocycles. The van der Waals surface area contributed by atoms with Crippen LogP contribution in [0.2, 0.25) is 0 Å². The van der Waals surface area contributed by atoms with Crippen molar-refractivity contribution in [3.05, 3.63) is 128 Å². The number of hydrogen-bond donors (Lipinski definition) is 2. The lowest BCUT2D eigenvalue weighted by molar-refractivity contribution is 0.390. The summed E-state index contributed by atoms with van der Waals surface area (Å²) in [5, 5.41) is 23.3. The minimum Gasteiger partial charge on any atom is -0.507 e. The maximum atomic E-state index is 11.7. The lowest BCUT2D eigenvalue weighted by Crippen LogP contribution is -2.45. The average Bonchev–Trinajstić information content (AvgIpc) is 3.01. The third-order valence-electron chi connectivity index (χ3n) is 10.8. The van der Waals surface area contributed by atoms with E-state index in [1.165, 1.54) is 33.4 Å². The lowest BCUT2D eigenvalue weighted by atomic mass is 9.59. The van der Waals surface area contributed by atoms with Crippen molar-refractivity contribution in [2.75, 3.05) is 0 Å². The normalized spacial score (nSPS) is 20.8. The highest BCUT2D eigenvalue weighted by atomic mass is 16.3. The fourth-order valence-electron chi connectivity index (χ4n) is 7.82. The molecule has 0 amide bonds. The van der Waals surface area contributed by atoms with E-state index < -0.39 is 0 Å². The van der Waals surface area contributed by atoms with Crippen molar-refractivity contribution < 1.29 is 10.2 Å². The first-order valence-corrected chi connectivity index (χ1v) is 18.2. The molecule has 4 nitrogen and oxygen atoms in total.